The van der Waals surface area contributed by atoms with Crippen LogP contribution in [0.2, 0.25) is 0 Å². The molecule has 0 N–H and O–H groups in total. The zero-order valence-electron chi connectivity index (χ0n) is 20.9. The summed E-state index contributed by atoms with van der Waals surface area (Å²) in [5.41, 5.74) is 3.67. The monoisotopic (exact) mass is 480 g/mol. The molecule has 0 bridgehead atoms. The topological polar surface area (TPSA) is 40.6 Å². The lowest BCUT2D eigenvalue weighted by atomic mass is 9.90. The van der Waals surface area contributed by atoms with Crippen molar-refractivity contribution in [3.63, 3.8) is 0 Å². The molecule has 2 aromatic rings. The number of carbonyl (C=O) groups excluding carboxylic acids is 2. The maximum atomic E-state index is 13.9. The molecule has 0 radical (unpaired) electrons. The summed E-state index contributed by atoms with van der Waals surface area (Å²) in [7, 11) is 0. The minimum atomic E-state index is -0.0587. The Hall–Kier alpha value is -2.14. The molecule has 0 spiro atoms. The number of hydrogen-bond donors (Lipinski definition) is 0. The van der Waals surface area contributed by atoms with Crippen LogP contribution in [0.5, 0.6) is 0 Å². The van der Waals surface area contributed by atoms with Crippen LogP contribution in [0.1, 0.15) is 98.7 Å². The summed E-state index contributed by atoms with van der Waals surface area (Å²) >= 11 is 1.80. The first kappa shape index (κ1) is 25.0. The van der Waals surface area contributed by atoms with E-state index in [1.54, 1.807) is 11.3 Å². The van der Waals surface area contributed by atoms with E-state index in [4.69, 9.17) is 0 Å². The summed E-state index contributed by atoms with van der Waals surface area (Å²) in [6.45, 7) is 5.26. The Morgan fingerprint density at radius 3 is 2.59 bits per heavy atom. The van der Waals surface area contributed by atoms with Crippen molar-refractivity contribution < 1.29 is 9.59 Å². The first-order chi connectivity index (χ1) is 16.6. The van der Waals surface area contributed by atoms with Crippen molar-refractivity contribution in [2.24, 2.45) is 0 Å². The maximum absolute atomic E-state index is 13.9. The van der Waals surface area contributed by atoms with Gasteiger partial charge in [-0.15, -0.1) is 11.3 Å². The van der Waals surface area contributed by atoms with Gasteiger partial charge in [-0.1, -0.05) is 69.7 Å². The van der Waals surface area contributed by atoms with Crippen molar-refractivity contribution in [3.8, 4) is 0 Å². The van der Waals surface area contributed by atoms with Crippen LogP contribution in [-0.4, -0.2) is 40.7 Å². The highest BCUT2D eigenvalue weighted by Gasteiger charge is 2.36. The standard InChI is InChI=1S/C29H40N2O2S/c1-3-4-5-9-16-27(32)31(23-13-7-6-8-14-23)21-28(33)30-19-17-26-25(18-20-34-26)29(30)24-15-11-10-12-22(24)2/h10-12,15,18,20,23,29H,3-9,13-14,16-17,19,21H2,1-2H3. The summed E-state index contributed by atoms with van der Waals surface area (Å²) < 4.78 is 0. The fourth-order valence-electron chi connectivity index (χ4n) is 5.71. The molecule has 1 saturated carbocycles. The van der Waals surface area contributed by atoms with Crippen LogP contribution in [0.25, 0.3) is 0 Å². The Morgan fingerprint density at radius 1 is 1.03 bits per heavy atom. The van der Waals surface area contributed by atoms with E-state index in [1.807, 2.05) is 4.90 Å². The van der Waals surface area contributed by atoms with Crippen molar-refractivity contribution in [3.05, 3.63) is 57.3 Å². The average molecular weight is 481 g/mol. The van der Waals surface area contributed by atoms with Crippen LogP contribution in [0.15, 0.2) is 35.7 Å². The second-order valence-corrected chi connectivity index (χ2v) is 11.0. The van der Waals surface area contributed by atoms with Gasteiger partial charge in [-0.05, 0) is 60.7 Å². The van der Waals surface area contributed by atoms with E-state index in [9.17, 15) is 9.59 Å². The number of thiophene rings is 1. The number of carbonyl (C=O) groups is 2. The van der Waals surface area contributed by atoms with E-state index in [1.165, 1.54) is 40.8 Å². The summed E-state index contributed by atoms with van der Waals surface area (Å²) in [6.07, 6.45) is 11.4. The Labute approximate surface area is 209 Å². The Kier molecular flexibility index (Phi) is 8.82. The summed E-state index contributed by atoms with van der Waals surface area (Å²) in [6, 6.07) is 10.8. The molecule has 1 unspecified atom stereocenters. The van der Waals surface area contributed by atoms with Crippen LogP contribution in [0.3, 0.4) is 0 Å². The summed E-state index contributed by atoms with van der Waals surface area (Å²) in [5, 5.41) is 2.15. The molecule has 1 aliphatic heterocycles. The molecule has 5 heteroatoms. The van der Waals surface area contributed by atoms with Crippen molar-refractivity contribution >= 4 is 23.2 Å². The van der Waals surface area contributed by atoms with Gasteiger partial charge in [-0.25, -0.2) is 0 Å². The van der Waals surface area contributed by atoms with E-state index in [2.05, 4.69) is 54.5 Å². The van der Waals surface area contributed by atoms with Crippen molar-refractivity contribution in [2.75, 3.05) is 13.1 Å². The van der Waals surface area contributed by atoms with Crippen LogP contribution < -0.4 is 0 Å². The zero-order valence-corrected chi connectivity index (χ0v) is 21.7. The quantitative estimate of drug-likeness (QED) is 0.376. The largest absolute Gasteiger partial charge is 0.330 e. The van der Waals surface area contributed by atoms with Gasteiger partial charge >= 0.3 is 0 Å². The maximum Gasteiger partial charge on any atom is 0.243 e. The predicted octanol–water partition coefficient (Wildman–Crippen LogP) is 6.66. The van der Waals surface area contributed by atoms with E-state index in [0.717, 1.165) is 44.9 Å². The Bertz CT molecular complexity index is 963. The van der Waals surface area contributed by atoms with Gasteiger partial charge in [0.05, 0.1) is 6.04 Å². The van der Waals surface area contributed by atoms with Gasteiger partial charge in [-0.2, -0.15) is 0 Å². The summed E-state index contributed by atoms with van der Waals surface area (Å²) in [4.78, 5) is 32.6. The molecule has 2 amide bonds. The van der Waals surface area contributed by atoms with Gasteiger partial charge in [0.25, 0.3) is 0 Å². The minimum Gasteiger partial charge on any atom is -0.330 e. The molecule has 34 heavy (non-hydrogen) atoms. The minimum absolute atomic E-state index is 0.0587. The molecule has 2 heterocycles. The van der Waals surface area contributed by atoms with E-state index >= 15 is 0 Å². The molecule has 4 nitrogen and oxygen atoms in total. The second-order valence-electron chi connectivity index (χ2n) is 10.0. The molecular formula is C29H40N2O2S. The third-order valence-electron chi connectivity index (χ3n) is 7.65. The van der Waals surface area contributed by atoms with Crippen molar-refractivity contribution in [1.29, 1.82) is 0 Å². The normalized spacial score (nSPS) is 18.5. The number of unbranched alkanes of at least 4 members (excludes halogenated alkanes) is 3. The number of fused-ring (bicyclic) bond motifs is 1. The lowest BCUT2D eigenvalue weighted by molar-refractivity contribution is -0.144. The SMILES string of the molecule is CCCCCCC(=O)N(CC(=O)N1CCc2sccc2C1c1ccccc1C)C1CCCCC1. The average Bonchev–Trinajstić information content (AvgIpc) is 3.34. The van der Waals surface area contributed by atoms with Gasteiger partial charge in [0.15, 0.2) is 0 Å². The van der Waals surface area contributed by atoms with Crippen LogP contribution in [0.4, 0.5) is 0 Å². The number of hydrogen-bond acceptors (Lipinski definition) is 3. The molecule has 1 aromatic heterocycles. The number of amides is 2. The lowest BCUT2D eigenvalue weighted by Crippen LogP contribution is -2.50. The zero-order chi connectivity index (χ0) is 23.9. The number of aryl methyl sites for hydroxylation is 1. The van der Waals surface area contributed by atoms with Gasteiger partial charge in [0, 0.05) is 23.9 Å². The molecular weight excluding hydrogens is 440 g/mol. The Morgan fingerprint density at radius 2 is 1.82 bits per heavy atom. The number of benzene rings is 1. The van der Waals surface area contributed by atoms with Gasteiger partial charge < -0.3 is 9.80 Å². The first-order valence-electron chi connectivity index (χ1n) is 13.3. The highest BCUT2D eigenvalue weighted by Crippen LogP contribution is 2.39. The predicted molar refractivity (Wildman–Crippen MR) is 140 cm³/mol. The van der Waals surface area contributed by atoms with Crippen molar-refractivity contribution in [1.82, 2.24) is 9.80 Å². The third kappa shape index (κ3) is 5.73. The van der Waals surface area contributed by atoms with E-state index in [0.29, 0.717) is 13.0 Å². The molecule has 2 aliphatic rings. The van der Waals surface area contributed by atoms with Gasteiger partial charge in [-0.3, -0.25) is 9.59 Å². The van der Waals surface area contributed by atoms with Crippen LogP contribution >= 0.6 is 11.3 Å². The molecule has 1 atom stereocenters. The molecule has 0 saturated heterocycles. The molecule has 184 valence electrons. The Balaban J connectivity index is 1.55. The highest BCUT2D eigenvalue weighted by atomic mass is 32.1. The van der Waals surface area contributed by atoms with Gasteiger partial charge in [0.2, 0.25) is 11.8 Å². The van der Waals surface area contributed by atoms with Gasteiger partial charge in [0.1, 0.15) is 6.54 Å². The fourth-order valence-corrected chi connectivity index (χ4v) is 6.61. The number of nitrogens with zero attached hydrogens (tertiary/aromatic N) is 2. The lowest BCUT2D eigenvalue weighted by Gasteiger charge is -2.40. The van der Waals surface area contributed by atoms with Crippen LogP contribution in [-0.2, 0) is 16.0 Å². The first-order valence-corrected chi connectivity index (χ1v) is 14.2. The van der Waals surface area contributed by atoms with Crippen LogP contribution in [0, 0.1) is 6.92 Å². The second kappa shape index (κ2) is 12.0. The van der Waals surface area contributed by atoms with E-state index < -0.39 is 0 Å². The number of rotatable bonds is 9. The highest BCUT2D eigenvalue weighted by molar-refractivity contribution is 7.10. The third-order valence-corrected chi connectivity index (χ3v) is 8.65. The fraction of sp³-hybridized carbons (Fsp3) is 0.586. The molecule has 4 rings (SSSR count). The summed E-state index contributed by atoms with van der Waals surface area (Å²) in [5.74, 6) is 0.273. The molecule has 1 aliphatic carbocycles. The smallest absolute Gasteiger partial charge is 0.243 e. The van der Waals surface area contributed by atoms with E-state index in [-0.39, 0.29) is 30.4 Å². The van der Waals surface area contributed by atoms with Crippen molar-refractivity contribution in [2.45, 2.75) is 96.6 Å². The molecule has 1 aromatic carbocycles. The molecule has 1 fully saturated rings.